The fourth-order valence-corrected chi connectivity index (χ4v) is 1.76. The van der Waals surface area contributed by atoms with Crippen LogP contribution in [0.5, 0.6) is 0 Å². The molecule has 0 aliphatic heterocycles. The van der Waals surface area contributed by atoms with E-state index in [4.69, 9.17) is 0 Å². The Bertz CT molecular complexity index is 245. The summed E-state index contributed by atoms with van der Waals surface area (Å²) < 4.78 is 4.68. The molecule has 0 amide bonds. The molecular weight excluding hydrogens is 214 g/mol. The van der Waals surface area contributed by atoms with E-state index in [0.717, 1.165) is 25.6 Å². The number of carbonyl (C=O) groups is 1. The molecule has 0 aliphatic rings. The summed E-state index contributed by atoms with van der Waals surface area (Å²) in [6, 6.07) is 0. The van der Waals surface area contributed by atoms with Crippen LogP contribution in [-0.2, 0) is 9.53 Å². The third-order valence-electron chi connectivity index (χ3n) is 3.28. The van der Waals surface area contributed by atoms with Crippen LogP contribution >= 0.6 is 0 Å². The van der Waals surface area contributed by atoms with E-state index in [1.807, 2.05) is 6.08 Å². The first kappa shape index (κ1) is 16.2. The SMILES string of the molecule is CCC(CC)CN(CC)CC=C(C)C(=O)OC. The van der Waals surface area contributed by atoms with Crippen LogP contribution in [0.3, 0.4) is 0 Å². The maximum absolute atomic E-state index is 11.2. The van der Waals surface area contributed by atoms with Crippen molar-refractivity contribution in [3.8, 4) is 0 Å². The van der Waals surface area contributed by atoms with Crippen molar-refractivity contribution in [1.29, 1.82) is 0 Å². The summed E-state index contributed by atoms with van der Waals surface area (Å²) in [5.41, 5.74) is 0.690. The van der Waals surface area contributed by atoms with Gasteiger partial charge in [0, 0.05) is 18.7 Å². The normalized spacial score (nSPS) is 12.3. The van der Waals surface area contributed by atoms with Crippen molar-refractivity contribution in [2.45, 2.75) is 40.5 Å². The van der Waals surface area contributed by atoms with E-state index in [1.54, 1.807) is 6.92 Å². The number of methoxy groups -OCH3 is 1. The van der Waals surface area contributed by atoms with Gasteiger partial charge in [0.25, 0.3) is 0 Å². The van der Waals surface area contributed by atoms with Crippen molar-refractivity contribution in [2.24, 2.45) is 5.92 Å². The van der Waals surface area contributed by atoms with Crippen LogP contribution in [0, 0.1) is 5.92 Å². The van der Waals surface area contributed by atoms with Crippen molar-refractivity contribution in [3.05, 3.63) is 11.6 Å². The Morgan fingerprint density at radius 1 is 1.29 bits per heavy atom. The summed E-state index contributed by atoms with van der Waals surface area (Å²) in [6.07, 6.45) is 4.39. The Kier molecular flexibility index (Phi) is 8.78. The standard InChI is InChI=1S/C14H27NO2/c1-6-13(7-2)11-15(8-3)10-9-12(4)14(16)17-5/h9,13H,6-8,10-11H2,1-5H3. The molecule has 0 bridgehead atoms. The van der Waals surface area contributed by atoms with Crippen molar-refractivity contribution >= 4 is 5.97 Å². The monoisotopic (exact) mass is 241 g/mol. The molecule has 0 unspecified atom stereocenters. The van der Waals surface area contributed by atoms with Gasteiger partial charge in [0.15, 0.2) is 0 Å². The molecule has 0 atom stereocenters. The molecule has 3 heteroatoms. The zero-order valence-corrected chi connectivity index (χ0v) is 12.0. The topological polar surface area (TPSA) is 29.5 Å². The van der Waals surface area contributed by atoms with Crippen LogP contribution in [0.15, 0.2) is 11.6 Å². The van der Waals surface area contributed by atoms with E-state index in [2.05, 4.69) is 30.4 Å². The highest BCUT2D eigenvalue weighted by Gasteiger charge is 2.09. The molecule has 0 N–H and O–H groups in total. The predicted octanol–water partition coefficient (Wildman–Crippen LogP) is 2.86. The number of nitrogens with zero attached hydrogens (tertiary/aromatic N) is 1. The maximum atomic E-state index is 11.2. The van der Waals surface area contributed by atoms with Crippen LogP contribution in [-0.4, -0.2) is 37.6 Å². The molecule has 0 heterocycles. The van der Waals surface area contributed by atoms with E-state index < -0.39 is 0 Å². The molecule has 0 fully saturated rings. The zero-order valence-electron chi connectivity index (χ0n) is 12.0. The summed E-state index contributed by atoms with van der Waals surface area (Å²) >= 11 is 0. The van der Waals surface area contributed by atoms with Crippen molar-refractivity contribution in [1.82, 2.24) is 4.90 Å². The Morgan fingerprint density at radius 2 is 1.88 bits per heavy atom. The van der Waals surface area contributed by atoms with Gasteiger partial charge in [0.2, 0.25) is 0 Å². The third-order valence-corrected chi connectivity index (χ3v) is 3.28. The Labute approximate surface area is 106 Å². The van der Waals surface area contributed by atoms with Crippen molar-refractivity contribution in [2.75, 3.05) is 26.7 Å². The number of esters is 1. The summed E-state index contributed by atoms with van der Waals surface area (Å²) in [6.45, 7) is 11.4. The highest BCUT2D eigenvalue weighted by atomic mass is 16.5. The lowest BCUT2D eigenvalue weighted by molar-refractivity contribution is -0.136. The maximum Gasteiger partial charge on any atom is 0.333 e. The lowest BCUT2D eigenvalue weighted by atomic mass is 10.0. The minimum absolute atomic E-state index is 0.233. The summed E-state index contributed by atoms with van der Waals surface area (Å²) in [5, 5.41) is 0. The summed E-state index contributed by atoms with van der Waals surface area (Å²) in [4.78, 5) is 13.6. The minimum atomic E-state index is -0.233. The van der Waals surface area contributed by atoms with Crippen LogP contribution in [0.1, 0.15) is 40.5 Å². The van der Waals surface area contributed by atoms with E-state index >= 15 is 0 Å². The van der Waals surface area contributed by atoms with Gasteiger partial charge in [-0.1, -0.05) is 39.7 Å². The molecule has 100 valence electrons. The molecule has 0 radical (unpaired) electrons. The Balaban J connectivity index is 4.26. The van der Waals surface area contributed by atoms with Crippen LogP contribution in [0.4, 0.5) is 0 Å². The van der Waals surface area contributed by atoms with Crippen LogP contribution in [0.25, 0.3) is 0 Å². The molecule has 17 heavy (non-hydrogen) atoms. The first-order valence-corrected chi connectivity index (χ1v) is 6.56. The first-order valence-electron chi connectivity index (χ1n) is 6.56. The second-order valence-electron chi connectivity index (χ2n) is 4.41. The Hall–Kier alpha value is -0.830. The summed E-state index contributed by atoms with van der Waals surface area (Å²) in [7, 11) is 1.42. The molecule has 0 aromatic carbocycles. The van der Waals surface area contributed by atoms with Gasteiger partial charge >= 0.3 is 5.97 Å². The van der Waals surface area contributed by atoms with Gasteiger partial charge in [-0.25, -0.2) is 4.79 Å². The highest BCUT2D eigenvalue weighted by molar-refractivity contribution is 5.87. The molecule has 0 saturated heterocycles. The van der Waals surface area contributed by atoms with E-state index in [-0.39, 0.29) is 5.97 Å². The molecule has 0 rings (SSSR count). The summed E-state index contributed by atoms with van der Waals surface area (Å²) in [5.74, 6) is 0.519. The smallest absolute Gasteiger partial charge is 0.333 e. The number of carbonyl (C=O) groups excluding carboxylic acids is 1. The number of likely N-dealkylation sites (N-methyl/N-ethyl adjacent to an activating group) is 1. The van der Waals surface area contributed by atoms with Gasteiger partial charge in [-0.3, -0.25) is 4.90 Å². The van der Waals surface area contributed by atoms with Gasteiger partial charge in [0.1, 0.15) is 0 Å². The predicted molar refractivity (Wildman–Crippen MR) is 72.0 cm³/mol. The van der Waals surface area contributed by atoms with Crippen molar-refractivity contribution < 1.29 is 9.53 Å². The number of hydrogen-bond donors (Lipinski definition) is 0. The second-order valence-corrected chi connectivity index (χ2v) is 4.41. The van der Waals surface area contributed by atoms with E-state index in [1.165, 1.54) is 20.0 Å². The van der Waals surface area contributed by atoms with Gasteiger partial charge in [-0.2, -0.15) is 0 Å². The highest BCUT2D eigenvalue weighted by Crippen LogP contribution is 2.10. The largest absolute Gasteiger partial charge is 0.466 e. The Morgan fingerprint density at radius 3 is 2.29 bits per heavy atom. The van der Waals surface area contributed by atoms with Gasteiger partial charge in [-0.05, 0) is 19.4 Å². The number of ether oxygens (including phenoxy) is 1. The minimum Gasteiger partial charge on any atom is -0.466 e. The average molecular weight is 241 g/mol. The molecule has 0 aromatic rings. The lowest BCUT2D eigenvalue weighted by Gasteiger charge is -2.24. The molecule has 3 nitrogen and oxygen atoms in total. The van der Waals surface area contributed by atoms with Crippen molar-refractivity contribution in [3.63, 3.8) is 0 Å². The third kappa shape index (κ3) is 6.47. The van der Waals surface area contributed by atoms with Crippen LogP contribution in [0.2, 0.25) is 0 Å². The number of hydrogen-bond acceptors (Lipinski definition) is 3. The molecular formula is C14H27NO2. The van der Waals surface area contributed by atoms with Crippen LogP contribution < -0.4 is 0 Å². The molecule has 0 aromatic heterocycles. The number of rotatable bonds is 8. The molecule has 0 aliphatic carbocycles. The average Bonchev–Trinajstić information content (AvgIpc) is 2.37. The fraction of sp³-hybridized carbons (Fsp3) is 0.786. The van der Waals surface area contributed by atoms with E-state index in [0.29, 0.717) is 5.57 Å². The molecule has 0 saturated carbocycles. The van der Waals surface area contributed by atoms with Gasteiger partial charge < -0.3 is 4.74 Å². The molecule has 0 spiro atoms. The zero-order chi connectivity index (χ0) is 13.3. The van der Waals surface area contributed by atoms with Gasteiger partial charge in [-0.15, -0.1) is 0 Å². The lowest BCUT2D eigenvalue weighted by Crippen LogP contribution is -2.29. The van der Waals surface area contributed by atoms with Gasteiger partial charge in [0.05, 0.1) is 7.11 Å². The first-order chi connectivity index (χ1) is 8.08. The quantitative estimate of drug-likeness (QED) is 0.483. The van der Waals surface area contributed by atoms with E-state index in [9.17, 15) is 4.79 Å². The fourth-order valence-electron chi connectivity index (χ4n) is 1.76. The second kappa shape index (κ2) is 9.23.